The average molecular weight is 434 g/mol. The molecule has 1 saturated heterocycles. The first kappa shape index (κ1) is 19.5. The number of piperazine rings is 1. The van der Waals surface area contributed by atoms with Crippen LogP contribution in [-0.4, -0.2) is 58.9 Å². The van der Waals surface area contributed by atoms with Gasteiger partial charge in [-0.3, -0.25) is 9.20 Å². The van der Waals surface area contributed by atoms with Gasteiger partial charge in [0.15, 0.2) is 11.5 Å². The molecule has 4 aromatic rings. The van der Waals surface area contributed by atoms with Gasteiger partial charge >= 0.3 is 0 Å². The molecule has 1 amide bonds. The maximum Gasteiger partial charge on any atom is 0.212 e. The summed E-state index contributed by atoms with van der Waals surface area (Å²) in [4.78, 5) is 25.6. The van der Waals surface area contributed by atoms with Crippen molar-refractivity contribution >= 4 is 45.6 Å². The van der Waals surface area contributed by atoms with Crippen LogP contribution in [0.3, 0.4) is 0 Å². The molecule has 1 aliphatic rings. The zero-order valence-electron chi connectivity index (χ0n) is 17.2. The first-order valence-corrected chi connectivity index (χ1v) is 11.0. The van der Waals surface area contributed by atoms with Gasteiger partial charge in [0.1, 0.15) is 0 Å². The van der Waals surface area contributed by atoms with Gasteiger partial charge in [-0.2, -0.15) is 0 Å². The Morgan fingerprint density at radius 1 is 1.03 bits per heavy atom. The predicted octanol–water partition coefficient (Wildman–Crippen LogP) is 3.52. The fourth-order valence-corrected chi connectivity index (χ4v) is 4.63. The number of rotatable bonds is 6. The van der Waals surface area contributed by atoms with E-state index in [1.54, 1.807) is 6.20 Å². The van der Waals surface area contributed by atoms with Gasteiger partial charge in [0.25, 0.3) is 0 Å². The Morgan fingerprint density at radius 3 is 2.61 bits per heavy atom. The van der Waals surface area contributed by atoms with Crippen molar-refractivity contribution in [2.75, 3.05) is 48.8 Å². The molecule has 5 rings (SSSR count). The standard InChI is InChI=1S/C22H23N7OS/c1-27-10-12-28(13-11-27)17-4-2-16(3-5-17)26-21-22-23-8-9-29(22)18(14-24-21)19-6-7-20(31-19)25-15-30/h2-9,14-15H,10-13H2,1H3,(H,24,26)(H,25,30). The Bertz CT molecular complexity index is 1190. The number of hydrogen-bond acceptors (Lipinski definition) is 7. The van der Waals surface area contributed by atoms with E-state index in [1.807, 2.05) is 28.9 Å². The SMILES string of the molecule is CN1CCN(c2ccc(Nc3ncc(-c4ccc(NC=O)s4)n4ccnc34)cc2)CC1. The lowest BCUT2D eigenvalue weighted by Gasteiger charge is -2.34. The third-order valence-electron chi connectivity index (χ3n) is 5.49. The van der Waals surface area contributed by atoms with E-state index in [0.29, 0.717) is 12.2 Å². The molecule has 0 spiro atoms. The Balaban J connectivity index is 1.37. The summed E-state index contributed by atoms with van der Waals surface area (Å²) in [5.74, 6) is 0.698. The molecule has 2 N–H and O–H groups in total. The van der Waals surface area contributed by atoms with Crippen LogP contribution in [0.4, 0.5) is 22.2 Å². The molecule has 0 aliphatic carbocycles. The van der Waals surface area contributed by atoms with Gasteiger partial charge in [0.2, 0.25) is 6.41 Å². The van der Waals surface area contributed by atoms with Crippen LogP contribution in [0, 0.1) is 0 Å². The minimum absolute atomic E-state index is 0.683. The molecule has 1 fully saturated rings. The first-order chi connectivity index (χ1) is 15.2. The van der Waals surface area contributed by atoms with Crippen LogP contribution in [0.15, 0.2) is 55.0 Å². The second-order valence-electron chi connectivity index (χ2n) is 7.50. The monoisotopic (exact) mass is 433 g/mol. The molecule has 158 valence electrons. The molecule has 9 heteroatoms. The van der Waals surface area contributed by atoms with Gasteiger partial charge in [-0.15, -0.1) is 11.3 Å². The van der Waals surface area contributed by atoms with E-state index in [9.17, 15) is 4.79 Å². The number of carbonyl (C=O) groups is 1. The number of nitrogens with zero attached hydrogens (tertiary/aromatic N) is 5. The van der Waals surface area contributed by atoms with E-state index in [-0.39, 0.29) is 0 Å². The summed E-state index contributed by atoms with van der Waals surface area (Å²) in [6.07, 6.45) is 6.19. The summed E-state index contributed by atoms with van der Waals surface area (Å²) < 4.78 is 2.00. The fraction of sp³-hybridized carbons (Fsp3) is 0.227. The molecule has 0 atom stereocenters. The third-order valence-corrected chi connectivity index (χ3v) is 6.53. The third kappa shape index (κ3) is 3.97. The summed E-state index contributed by atoms with van der Waals surface area (Å²) >= 11 is 1.49. The van der Waals surface area contributed by atoms with E-state index < -0.39 is 0 Å². The predicted molar refractivity (Wildman–Crippen MR) is 125 cm³/mol. The van der Waals surface area contributed by atoms with Crippen molar-refractivity contribution in [1.29, 1.82) is 0 Å². The number of benzene rings is 1. The van der Waals surface area contributed by atoms with Crippen LogP contribution < -0.4 is 15.5 Å². The second-order valence-corrected chi connectivity index (χ2v) is 8.58. The van der Waals surface area contributed by atoms with E-state index in [1.165, 1.54) is 17.0 Å². The largest absolute Gasteiger partial charge is 0.369 e. The number of amides is 1. The highest BCUT2D eigenvalue weighted by atomic mass is 32.1. The molecule has 0 unspecified atom stereocenters. The van der Waals surface area contributed by atoms with Crippen LogP contribution in [0.1, 0.15) is 0 Å². The van der Waals surface area contributed by atoms with Crippen LogP contribution in [0.5, 0.6) is 0 Å². The fourth-order valence-electron chi connectivity index (χ4n) is 3.76. The molecular formula is C22H23N7OS. The number of nitrogens with one attached hydrogen (secondary N) is 2. The number of aromatic nitrogens is 3. The van der Waals surface area contributed by atoms with Gasteiger partial charge in [0, 0.05) is 49.9 Å². The Hall–Kier alpha value is -3.43. The highest BCUT2D eigenvalue weighted by molar-refractivity contribution is 7.19. The van der Waals surface area contributed by atoms with Crippen LogP contribution in [-0.2, 0) is 4.79 Å². The molecule has 8 nitrogen and oxygen atoms in total. The van der Waals surface area contributed by atoms with Crippen LogP contribution in [0.25, 0.3) is 16.2 Å². The number of fused-ring (bicyclic) bond motifs is 1. The van der Waals surface area contributed by atoms with Crippen molar-refractivity contribution in [2.24, 2.45) is 0 Å². The van der Waals surface area contributed by atoms with Gasteiger partial charge in [0.05, 0.1) is 21.8 Å². The van der Waals surface area contributed by atoms with Crippen molar-refractivity contribution in [3.63, 3.8) is 0 Å². The maximum atomic E-state index is 10.7. The van der Waals surface area contributed by atoms with E-state index >= 15 is 0 Å². The van der Waals surface area contributed by atoms with Crippen molar-refractivity contribution < 1.29 is 4.79 Å². The van der Waals surface area contributed by atoms with E-state index in [2.05, 4.69) is 61.7 Å². The number of thiophene rings is 1. The van der Waals surface area contributed by atoms with E-state index in [0.717, 1.165) is 53.1 Å². The Labute approximate surface area is 184 Å². The minimum Gasteiger partial charge on any atom is -0.369 e. The second kappa shape index (κ2) is 8.37. The maximum absolute atomic E-state index is 10.7. The summed E-state index contributed by atoms with van der Waals surface area (Å²) in [5.41, 5.74) is 3.88. The quantitative estimate of drug-likeness (QED) is 0.453. The topological polar surface area (TPSA) is 77.8 Å². The van der Waals surface area contributed by atoms with Crippen molar-refractivity contribution in [3.05, 3.63) is 55.0 Å². The highest BCUT2D eigenvalue weighted by Crippen LogP contribution is 2.32. The molecule has 1 aromatic carbocycles. The minimum atomic E-state index is 0.683. The zero-order valence-corrected chi connectivity index (χ0v) is 18.0. The summed E-state index contributed by atoms with van der Waals surface area (Å²) in [7, 11) is 2.17. The highest BCUT2D eigenvalue weighted by Gasteiger charge is 2.15. The van der Waals surface area contributed by atoms with Gasteiger partial charge in [-0.1, -0.05) is 0 Å². The normalized spacial score (nSPS) is 14.7. The lowest BCUT2D eigenvalue weighted by atomic mass is 10.2. The molecule has 0 saturated carbocycles. The van der Waals surface area contributed by atoms with Crippen LogP contribution in [0.2, 0.25) is 0 Å². The summed E-state index contributed by atoms with van der Waals surface area (Å²) in [6, 6.07) is 12.3. The van der Waals surface area contributed by atoms with Crippen molar-refractivity contribution in [2.45, 2.75) is 0 Å². The van der Waals surface area contributed by atoms with Crippen LogP contribution >= 0.6 is 11.3 Å². The van der Waals surface area contributed by atoms with E-state index in [4.69, 9.17) is 0 Å². The van der Waals surface area contributed by atoms with Gasteiger partial charge in [-0.25, -0.2) is 9.97 Å². The molecule has 4 heterocycles. The molecule has 3 aromatic heterocycles. The lowest BCUT2D eigenvalue weighted by molar-refractivity contribution is -0.105. The number of hydrogen-bond donors (Lipinski definition) is 2. The number of likely N-dealkylation sites (N-methyl/N-ethyl adjacent to an activating group) is 1. The molecule has 0 radical (unpaired) electrons. The number of carbonyl (C=O) groups excluding carboxylic acids is 1. The molecular weight excluding hydrogens is 410 g/mol. The summed E-state index contributed by atoms with van der Waals surface area (Å²) in [6.45, 7) is 4.28. The van der Waals surface area contributed by atoms with Crippen molar-refractivity contribution in [1.82, 2.24) is 19.3 Å². The smallest absolute Gasteiger partial charge is 0.212 e. The Kier molecular flexibility index (Phi) is 5.27. The first-order valence-electron chi connectivity index (χ1n) is 10.1. The molecule has 0 bridgehead atoms. The Morgan fingerprint density at radius 2 is 1.84 bits per heavy atom. The average Bonchev–Trinajstić information content (AvgIpc) is 3.46. The van der Waals surface area contributed by atoms with Crippen molar-refractivity contribution in [3.8, 4) is 10.6 Å². The van der Waals surface area contributed by atoms with Gasteiger partial charge < -0.3 is 20.4 Å². The molecule has 31 heavy (non-hydrogen) atoms. The number of imidazole rings is 1. The number of anilines is 4. The lowest BCUT2D eigenvalue weighted by Crippen LogP contribution is -2.44. The summed E-state index contributed by atoms with van der Waals surface area (Å²) in [5, 5.41) is 6.88. The van der Waals surface area contributed by atoms with Gasteiger partial charge in [-0.05, 0) is 43.4 Å². The molecule has 1 aliphatic heterocycles. The zero-order chi connectivity index (χ0) is 21.2.